The van der Waals surface area contributed by atoms with Crippen molar-refractivity contribution >= 4 is 23.7 Å². The topological polar surface area (TPSA) is 181 Å². The number of ketones is 1. The molecule has 0 aromatic heterocycles. The molecule has 0 saturated carbocycles. The largest absolute Gasteiger partial charge is 0.481 e. The van der Waals surface area contributed by atoms with E-state index in [-0.39, 0.29) is 19.3 Å². The van der Waals surface area contributed by atoms with Crippen LogP contribution in [0.15, 0.2) is 0 Å². The molecule has 0 aromatic rings. The van der Waals surface area contributed by atoms with Crippen LogP contribution in [0.1, 0.15) is 25.7 Å². The van der Waals surface area contributed by atoms with Gasteiger partial charge in [-0.05, 0) is 12.8 Å². The number of rotatable bonds is 10. The molecule has 0 saturated heterocycles. The summed E-state index contributed by atoms with van der Waals surface area (Å²) in [5, 5.41) is 25.9. The Labute approximate surface area is 114 Å². The van der Waals surface area contributed by atoms with Crippen LogP contribution in [0.3, 0.4) is 0 Å². The summed E-state index contributed by atoms with van der Waals surface area (Å²) in [7, 11) is 0. The first-order valence-corrected chi connectivity index (χ1v) is 5.86. The second-order valence-corrected chi connectivity index (χ2v) is 4.42. The van der Waals surface area contributed by atoms with E-state index in [1.807, 2.05) is 0 Å². The van der Waals surface area contributed by atoms with Crippen molar-refractivity contribution in [2.24, 2.45) is 17.4 Å². The van der Waals surface area contributed by atoms with E-state index in [4.69, 9.17) is 26.8 Å². The van der Waals surface area contributed by atoms with E-state index < -0.39 is 48.1 Å². The lowest BCUT2D eigenvalue weighted by Crippen LogP contribution is -2.41. The Hall–Kier alpha value is -2.00. The lowest BCUT2D eigenvalue weighted by molar-refractivity contribution is -0.143. The Bertz CT molecular complexity index is 396. The Kier molecular flexibility index (Phi) is 7.40. The van der Waals surface area contributed by atoms with Crippen LogP contribution in [-0.4, -0.2) is 51.1 Å². The molecule has 0 heterocycles. The SMILES string of the molecule is NC(CC(CC(=O)O)C(=O)C(N)CCC(=O)O)C(=O)O. The maximum atomic E-state index is 11.9. The van der Waals surface area contributed by atoms with Gasteiger partial charge in [-0.2, -0.15) is 0 Å². The molecule has 3 atom stereocenters. The molecule has 0 rings (SSSR count). The maximum absolute atomic E-state index is 11.9. The van der Waals surface area contributed by atoms with Crippen LogP contribution in [0.5, 0.6) is 0 Å². The van der Waals surface area contributed by atoms with Crippen molar-refractivity contribution in [1.29, 1.82) is 0 Å². The van der Waals surface area contributed by atoms with Gasteiger partial charge in [0, 0.05) is 12.3 Å². The summed E-state index contributed by atoms with van der Waals surface area (Å²) in [6, 6.07) is -2.54. The van der Waals surface area contributed by atoms with E-state index in [2.05, 4.69) is 0 Å². The molecule has 0 amide bonds. The van der Waals surface area contributed by atoms with E-state index in [1.54, 1.807) is 0 Å². The van der Waals surface area contributed by atoms with Crippen molar-refractivity contribution in [3.8, 4) is 0 Å². The molecule has 20 heavy (non-hydrogen) atoms. The number of Topliss-reactive ketones (excluding diaryl/α,β-unsaturated/α-hetero) is 1. The second kappa shape index (κ2) is 8.23. The van der Waals surface area contributed by atoms with Crippen LogP contribution in [-0.2, 0) is 19.2 Å². The highest BCUT2D eigenvalue weighted by Crippen LogP contribution is 2.16. The Balaban J connectivity index is 4.74. The molecule has 0 aliphatic rings. The first-order valence-electron chi connectivity index (χ1n) is 5.86. The lowest BCUT2D eigenvalue weighted by atomic mass is 9.88. The number of hydrogen-bond acceptors (Lipinski definition) is 6. The van der Waals surface area contributed by atoms with Crippen molar-refractivity contribution < 1.29 is 34.5 Å². The highest BCUT2D eigenvalue weighted by atomic mass is 16.4. The van der Waals surface area contributed by atoms with Crippen LogP contribution < -0.4 is 11.5 Å². The van der Waals surface area contributed by atoms with E-state index in [0.717, 1.165) is 0 Å². The van der Waals surface area contributed by atoms with Crippen LogP contribution >= 0.6 is 0 Å². The standard InChI is InChI=1S/C11H18N2O7/c12-6(1-2-8(14)15)10(18)5(4-9(16)17)3-7(13)11(19)20/h5-7H,1-4,12-13H2,(H,14,15)(H,16,17)(H,19,20). The van der Waals surface area contributed by atoms with Gasteiger partial charge in [0.15, 0.2) is 5.78 Å². The van der Waals surface area contributed by atoms with E-state index in [1.165, 1.54) is 0 Å². The molecular formula is C11H18N2O7. The highest BCUT2D eigenvalue weighted by molar-refractivity contribution is 5.90. The summed E-state index contributed by atoms with van der Waals surface area (Å²) in [5.41, 5.74) is 10.8. The van der Waals surface area contributed by atoms with Gasteiger partial charge in [0.1, 0.15) is 6.04 Å². The van der Waals surface area contributed by atoms with Gasteiger partial charge < -0.3 is 26.8 Å². The average molecular weight is 290 g/mol. The summed E-state index contributed by atoms with van der Waals surface area (Å²) >= 11 is 0. The van der Waals surface area contributed by atoms with Gasteiger partial charge in [0.2, 0.25) is 0 Å². The summed E-state index contributed by atoms with van der Waals surface area (Å²) in [6.45, 7) is 0. The third-order valence-electron chi connectivity index (χ3n) is 2.71. The maximum Gasteiger partial charge on any atom is 0.320 e. The van der Waals surface area contributed by atoms with Gasteiger partial charge in [-0.25, -0.2) is 0 Å². The lowest BCUT2D eigenvalue weighted by Gasteiger charge is -2.19. The Morgan fingerprint density at radius 3 is 1.85 bits per heavy atom. The van der Waals surface area contributed by atoms with Crippen LogP contribution in [0.25, 0.3) is 0 Å². The van der Waals surface area contributed by atoms with Crippen molar-refractivity contribution in [2.75, 3.05) is 0 Å². The third-order valence-corrected chi connectivity index (χ3v) is 2.71. The van der Waals surface area contributed by atoms with Gasteiger partial charge in [-0.15, -0.1) is 0 Å². The first-order chi connectivity index (χ1) is 9.15. The molecule has 0 bridgehead atoms. The number of carboxylic acids is 3. The molecule has 0 spiro atoms. The third kappa shape index (κ3) is 6.81. The highest BCUT2D eigenvalue weighted by Gasteiger charge is 2.30. The van der Waals surface area contributed by atoms with Gasteiger partial charge in [-0.3, -0.25) is 19.2 Å². The number of aliphatic carboxylic acids is 3. The molecule has 3 unspecified atom stereocenters. The molecule has 7 N–H and O–H groups in total. The molecule has 0 aliphatic heterocycles. The predicted octanol–water partition coefficient (Wildman–Crippen LogP) is -1.36. The molecule has 0 radical (unpaired) electrons. The van der Waals surface area contributed by atoms with Crippen molar-refractivity contribution in [3.05, 3.63) is 0 Å². The first kappa shape index (κ1) is 18.0. The summed E-state index contributed by atoms with van der Waals surface area (Å²) in [6.07, 6.45) is -1.44. The molecule has 9 heteroatoms. The normalized spacial score (nSPS) is 15.1. The fraction of sp³-hybridized carbons (Fsp3) is 0.636. The molecular weight excluding hydrogens is 272 g/mol. The number of carboxylic acid groups (broad SMARTS) is 3. The van der Waals surface area contributed by atoms with E-state index >= 15 is 0 Å². The zero-order valence-corrected chi connectivity index (χ0v) is 10.7. The van der Waals surface area contributed by atoms with Crippen LogP contribution in [0.2, 0.25) is 0 Å². The van der Waals surface area contributed by atoms with Gasteiger partial charge in [-0.1, -0.05) is 0 Å². The summed E-state index contributed by atoms with van der Waals surface area (Å²) in [4.78, 5) is 43.6. The van der Waals surface area contributed by atoms with Crippen molar-refractivity contribution in [3.63, 3.8) is 0 Å². The van der Waals surface area contributed by atoms with Crippen molar-refractivity contribution in [2.45, 2.75) is 37.8 Å². The Morgan fingerprint density at radius 1 is 0.900 bits per heavy atom. The van der Waals surface area contributed by atoms with Gasteiger partial charge in [0.05, 0.1) is 12.5 Å². The average Bonchev–Trinajstić information content (AvgIpc) is 2.33. The second-order valence-electron chi connectivity index (χ2n) is 4.42. The van der Waals surface area contributed by atoms with Gasteiger partial charge in [0.25, 0.3) is 0 Å². The molecule has 9 nitrogen and oxygen atoms in total. The zero-order valence-electron chi connectivity index (χ0n) is 10.7. The molecule has 0 aromatic carbocycles. The minimum atomic E-state index is -1.38. The number of hydrogen-bond donors (Lipinski definition) is 5. The fourth-order valence-electron chi connectivity index (χ4n) is 1.64. The number of nitrogens with two attached hydrogens (primary N) is 2. The van der Waals surface area contributed by atoms with Crippen molar-refractivity contribution in [1.82, 2.24) is 0 Å². The predicted molar refractivity (Wildman–Crippen MR) is 65.8 cm³/mol. The molecule has 114 valence electrons. The summed E-state index contributed by atoms with van der Waals surface area (Å²) in [5.74, 6) is -5.61. The zero-order chi connectivity index (χ0) is 15.9. The van der Waals surface area contributed by atoms with E-state index in [0.29, 0.717) is 0 Å². The monoisotopic (exact) mass is 290 g/mol. The number of carbonyl (C=O) groups is 4. The fourth-order valence-corrected chi connectivity index (χ4v) is 1.64. The van der Waals surface area contributed by atoms with Crippen LogP contribution in [0, 0.1) is 5.92 Å². The van der Waals surface area contributed by atoms with E-state index in [9.17, 15) is 19.2 Å². The minimum Gasteiger partial charge on any atom is -0.481 e. The smallest absolute Gasteiger partial charge is 0.320 e. The molecule has 0 aliphatic carbocycles. The number of carbonyl (C=O) groups excluding carboxylic acids is 1. The quantitative estimate of drug-likeness (QED) is 0.324. The van der Waals surface area contributed by atoms with Gasteiger partial charge >= 0.3 is 17.9 Å². The van der Waals surface area contributed by atoms with Crippen LogP contribution in [0.4, 0.5) is 0 Å². The minimum absolute atomic E-state index is 0.146. The molecule has 0 fully saturated rings. The summed E-state index contributed by atoms with van der Waals surface area (Å²) < 4.78 is 0. The Morgan fingerprint density at radius 2 is 1.45 bits per heavy atom.